The molecule has 1 N–H and O–H groups in total. The van der Waals surface area contributed by atoms with Crippen molar-refractivity contribution >= 4 is 11.5 Å². The molecule has 31 heavy (non-hydrogen) atoms. The standard InChI is InChI=1S/C25H34N2O4/c1-3-5-6-7-10-23(25(28)29)20-11-13-21(14-12-20)24-26-18-22(19-27-24)31-17-9-8-16-30-15-4-2/h10-14,18-19H,3-9,15-17H2,1-2H3,(H,28,29). The van der Waals surface area contributed by atoms with Crippen molar-refractivity contribution in [2.75, 3.05) is 19.8 Å². The minimum Gasteiger partial charge on any atom is -0.490 e. The molecule has 6 nitrogen and oxygen atoms in total. The van der Waals surface area contributed by atoms with E-state index in [4.69, 9.17) is 9.47 Å². The van der Waals surface area contributed by atoms with Crippen LogP contribution in [0.3, 0.4) is 0 Å². The van der Waals surface area contributed by atoms with Crippen LogP contribution >= 0.6 is 0 Å². The number of hydrogen-bond donors (Lipinski definition) is 1. The molecule has 0 spiro atoms. The lowest BCUT2D eigenvalue weighted by Gasteiger charge is -2.07. The van der Waals surface area contributed by atoms with Crippen molar-refractivity contribution in [2.24, 2.45) is 0 Å². The number of carboxylic acid groups (broad SMARTS) is 1. The molecule has 1 aromatic heterocycles. The van der Waals surface area contributed by atoms with Gasteiger partial charge in [-0.2, -0.15) is 0 Å². The van der Waals surface area contributed by atoms with Crippen LogP contribution in [-0.2, 0) is 9.53 Å². The van der Waals surface area contributed by atoms with E-state index in [-0.39, 0.29) is 0 Å². The quantitative estimate of drug-likeness (QED) is 0.287. The van der Waals surface area contributed by atoms with E-state index < -0.39 is 5.97 Å². The number of ether oxygens (including phenoxy) is 2. The van der Waals surface area contributed by atoms with Gasteiger partial charge in [-0.1, -0.05) is 57.0 Å². The zero-order chi connectivity index (χ0) is 22.3. The summed E-state index contributed by atoms with van der Waals surface area (Å²) in [6.45, 7) is 6.41. The van der Waals surface area contributed by atoms with Crippen molar-refractivity contribution in [3.05, 3.63) is 48.3 Å². The topological polar surface area (TPSA) is 81.5 Å². The van der Waals surface area contributed by atoms with Crippen LogP contribution in [0, 0.1) is 0 Å². The van der Waals surface area contributed by atoms with E-state index >= 15 is 0 Å². The summed E-state index contributed by atoms with van der Waals surface area (Å²) >= 11 is 0. The van der Waals surface area contributed by atoms with Gasteiger partial charge in [-0.05, 0) is 37.7 Å². The van der Waals surface area contributed by atoms with Crippen molar-refractivity contribution in [3.8, 4) is 17.1 Å². The van der Waals surface area contributed by atoms with E-state index in [1.807, 2.05) is 30.3 Å². The molecule has 0 atom stereocenters. The number of unbranched alkanes of at least 4 members (excludes halogenated alkanes) is 4. The molecule has 2 aromatic rings. The smallest absolute Gasteiger partial charge is 0.335 e. The lowest BCUT2D eigenvalue weighted by Crippen LogP contribution is -2.02. The summed E-state index contributed by atoms with van der Waals surface area (Å²) in [4.78, 5) is 20.4. The van der Waals surface area contributed by atoms with Crippen LogP contribution in [0.4, 0.5) is 0 Å². The summed E-state index contributed by atoms with van der Waals surface area (Å²) in [6.07, 6.45) is 12.1. The van der Waals surface area contributed by atoms with Crippen LogP contribution < -0.4 is 4.74 Å². The molecule has 1 heterocycles. The van der Waals surface area contributed by atoms with Gasteiger partial charge in [0.25, 0.3) is 0 Å². The molecule has 0 bridgehead atoms. The Hall–Kier alpha value is -2.73. The lowest BCUT2D eigenvalue weighted by atomic mass is 10.0. The molecule has 0 radical (unpaired) electrons. The van der Waals surface area contributed by atoms with Crippen molar-refractivity contribution in [1.82, 2.24) is 9.97 Å². The highest BCUT2D eigenvalue weighted by molar-refractivity contribution is 6.15. The van der Waals surface area contributed by atoms with Crippen LogP contribution in [0.15, 0.2) is 42.7 Å². The Labute approximate surface area is 185 Å². The second-order valence-corrected chi connectivity index (χ2v) is 7.41. The van der Waals surface area contributed by atoms with Crippen LogP contribution in [0.2, 0.25) is 0 Å². The van der Waals surface area contributed by atoms with E-state index in [0.717, 1.165) is 63.7 Å². The molecule has 0 aliphatic rings. The third kappa shape index (κ3) is 8.89. The molecule has 168 valence electrons. The van der Waals surface area contributed by atoms with Crippen molar-refractivity contribution < 1.29 is 19.4 Å². The van der Waals surface area contributed by atoms with Gasteiger partial charge in [-0.25, -0.2) is 14.8 Å². The first-order chi connectivity index (χ1) is 15.2. The third-order valence-corrected chi connectivity index (χ3v) is 4.77. The van der Waals surface area contributed by atoms with Gasteiger partial charge in [-0.15, -0.1) is 0 Å². The summed E-state index contributed by atoms with van der Waals surface area (Å²) < 4.78 is 11.1. The number of rotatable bonds is 15. The Morgan fingerprint density at radius 1 is 0.935 bits per heavy atom. The normalized spacial score (nSPS) is 11.5. The number of nitrogens with zero attached hydrogens (tertiary/aromatic N) is 2. The number of benzene rings is 1. The van der Waals surface area contributed by atoms with E-state index in [0.29, 0.717) is 29.3 Å². The van der Waals surface area contributed by atoms with Crippen LogP contribution in [0.5, 0.6) is 5.75 Å². The Bertz CT molecular complexity index is 801. The molecule has 0 amide bonds. The first kappa shape index (κ1) is 24.5. The summed E-state index contributed by atoms with van der Waals surface area (Å²) in [6, 6.07) is 7.32. The summed E-state index contributed by atoms with van der Waals surface area (Å²) in [5.74, 6) is 0.313. The fraction of sp³-hybridized carbons (Fsp3) is 0.480. The summed E-state index contributed by atoms with van der Waals surface area (Å²) in [5.41, 5.74) is 1.86. The number of aliphatic carboxylic acids is 1. The maximum atomic E-state index is 11.6. The molecule has 6 heteroatoms. The highest BCUT2D eigenvalue weighted by atomic mass is 16.5. The van der Waals surface area contributed by atoms with E-state index in [1.54, 1.807) is 12.4 Å². The van der Waals surface area contributed by atoms with Crippen molar-refractivity contribution in [2.45, 2.75) is 58.8 Å². The number of carboxylic acids is 1. The van der Waals surface area contributed by atoms with Gasteiger partial charge in [0.1, 0.15) is 0 Å². The number of hydrogen-bond acceptors (Lipinski definition) is 5. The summed E-state index contributed by atoms with van der Waals surface area (Å²) in [7, 11) is 0. The molecule has 0 saturated heterocycles. The van der Waals surface area contributed by atoms with Gasteiger partial charge in [0, 0.05) is 18.8 Å². The SMILES string of the molecule is CCCCCC=C(C(=O)O)c1ccc(-c2ncc(OCCCCOCCC)cn2)cc1. The molecule has 2 rings (SSSR count). The summed E-state index contributed by atoms with van der Waals surface area (Å²) in [5, 5.41) is 9.53. The minimum atomic E-state index is -0.904. The van der Waals surface area contributed by atoms with Crippen molar-refractivity contribution in [1.29, 1.82) is 0 Å². The molecule has 0 unspecified atom stereocenters. The van der Waals surface area contributed by atoms with Crippen LogP contribution in [-0.4, -0.2) is 40.9 Å². The van der Waals surface area contributed by atoms with Crippen LogP contribution in [0.1, 0.15) is 64.4 Å². The van der Waals surface area contributed by atoms with Crippen LogP contribution in [0.25, 0.3) is 17.0 Å². The van der Waals surface area contributed by atoms with Crippen molar-refractivity contribution in [3.63, 3.8) is 0 Å². The Morgan fingerprint density at radius 3 is 2.29 bits per heavy atom. The number of allylic oxidation sites excluding steroid dienone is 1. The maximum Gasteiger partial charge on any atom is 0.335 e. The zero-order valence-corrected chi connectivity index (χ0v) is 18.7. The molecule has 1 aromatic carbocycles. The van der Waals surface area contributed by atoms with Gasteiger partial charge in [-0.3, -0.25) is 0 Å². The van der Waals surface area contributed by atoms with Gasteiger partial charge < -0.3 is 14.6 Å². The molecular formula is C25H34N2O4. The number of aromatic nitrogens is 2. The maximum absolute atomic E-state index is 11.6. The van der Waals surface area contributed by atoms with E-state index in [9.17, 15) is 9.90 Å². The van der Waals surface area contributed by atoms with Gasteiger partial charge in [0.15, 0.2) is 11.6 Å². The molecule has 0 fully saturated rings. The average Bonchev–Trinajstić information content (AvgIpc) is 2.79. The predicted octanol–water partition coefficient (Wildman–Crippen LogP) is 5.78. The molecule has 0 saturated carbocycles. The van der Waals surface area contributed by atoms with Gasteiger partial charge in [0.05, 0.1) is 24.6 Å². The monoisotopic (exact) mass is 426 g/mol. The Balaban J connectivity index is 1.89. The number of carbonyl (C=O) groups is 1. The lowest BCUT2D eigenvalue weighted by molar-refractivity contribution is -0.130. The average molecular weight is 427 g/mol. The Kier molecular flexibility index (Phi) is 11.3. The first-order valence-corrected chi connectivity index (χ1v) is 11.2. The molecule has 0 aliphatic carbocycles. The largest absolute Gasteiger partial charge is 0.490 e. The van der Waals surface area contributed by atoms with E-state index in [1.165, 1.54) is 0 Å². The molecular weight excluding hydrogens is 392 g/mol. The Morgan fingerprint density at radius 2 is 1.65 bits per heavy atom. The molecule has 0 aliphatic heterocycles. The zero-order valence-electron chi connectivity index (χ0n) is 18.7. The predicted molar refractivity (Wildman–Crippen MR) is 123 cm³/mol. The van der Waals surface area contributed by atoms with Gasteiger partial charge in [0.2, 0.25) is 0 Å². The van der Waals surface area contributed by atoms with E-state index in [2.05, 4.69) is 23.8 Å². The second-order valence-electron chi connectivity index (χ2n) is 7.41. The fourth-order valence-corrected chi connectivity index (χ4v) is 3.05. The highest BCUT2D eigenvalue weighted by Crippen LogP contribution is 2.22. The second kappa shape index (κ2) is 14.3. The third-order valence-electron chi connectivity index (χ3n) is 4.77. The highest BCUT2D eigenvalue weighted by Gasteiger charge is 2.11. The van der Waals surface area contributed by atoms with Gasteiger partial charge >= 0.3 is 5.97 Å². The first-order valence-electron chi connectivity index (χ1n) is 11.2. The minimum absolute atomic E-state index is 0.340. The fourth-order valence-electron chi connectivity index (χ4n) is 3.05.